The van der Waals surface area contributed by atoms with Crippen molar-refractivity contribution in [2.45, 2.75) is 45.9 Å². The first-order chi connectivity index (χ1) is 9.69. The molecule has 1 heterocycles. The van der Waals surface area contributed by atoms with Crippen LogP contribution in [0.2, 0.25) is 0 Å². The lowest BCUT2D eigenvalue weighted by molar-refractivity contribution is 0.252. The Kier molecular flexibility index (Phi) is 6.16. The van der Waals surface area contributed by atoms with Crippen LogP contribution < -0.4 is 10.0 Å². The maximum atomic E-state index is 12.4. The number of aromatic nitrogens is 1. The smallest absolute Gasteiger partial charge is 0.240 e. The van der Waals surface area contributed by atoms with E-state index in [0.29, 0.717) is 18.3 Å². The van der Waals surface area contributed by atoms with E-state index in [1.807, 2.05) is 6.92 Å². The highest BCUT2D eigenvalue weighted by molar-refractivity contribution is 7.89. The van der Waals surface area contributed by atoms with Gasteiger partial charge < -0.3 is 5.32 Å². The Morgan fingerprint density at radius 1 is 1.33 bits per heavy atom. The molecule has 0 aliphatic heterocycles. The first-order valence-electron chi connectivity index (χ1n) is 7.38. The third kappa shape index (κ3) is 5.28. The molecule has 1 aromatic heterocycles. The van der Waals surface area contributed by atoms with Crippen LogP contribution in [-0.2, 0) is 10.0 Å². The predicted molar refractivity (Wildman–Crippen MR) is 86.8 cm³/mol. The summed E-state index contributed by atoms with van der Waals surface area (Å²) in [4.78, 5) is 4.37. The standard InChI is InChI=1S/C15H27N3O2S/c1-6-8-16-14-10-13(7-9-17-14)21(19,20)18-11-15(4,5)12(2)3/h7,9-10,12,18H,6,8,11H2,1-5H3,(H,16,17). The van der Waals surface area contributed by atoms with E-state index in [9.17, 15) is 8.42 Å². The van der Waals surface area contributed by atoms with Crippen molar-refractivity contribution in [2.24, 2.45) is 11.3 Å². The minimum Gasteiger partial charge on any atom is -0.370 e. The van der Waals surface area contributed by atoms with Crippen LogP contribution in [0.25, 0.3) is 0 Å². The second-order valence-electron chi connectivity index (χ2n) is 6.27. The maximum absolute atomic E-state index is 12.4. The minimum absolute atomic E-state index is 0.0939. The summed E-state index contributed by atoms with van der Waals surface area (Å²) in [5.41, 5.74) is -0.0939. The molecule has 0 spiro atoms. The molecule has 21 heavy (non-hydrogen) atoms. The molecule has 0 aliphatic carbocycles. The quantitative estimate of drug-likeness (QED) is 0.774. The van der Waals surface area contributed by atoms with Crippen molar-refractivity contribution < 1.29 is 8.42 Å². The average Bonchev–Trinajstić information content (AvgIpc) is 2.43. The van der Waals surface area contributed by atoms with Crippen LogP contribution >= 0.6 is 0 Å². The molecule has 0 fully saturated rings. The van der Waals surface area contributed by atoms with Gasteiger partial charge in [-0.15, -0.1) is 0 Å². The second kappa shape index (κ2) is 7.22. The van der Waals surface area contributed by atoms with E-state index in [0.717, 1.165) is 13.0 Å². The fraction of sp³-hybridized carbons (Fsp3) is 0.667. The summed E-state index contributed by atoms with van der Waals surface area (Å²) in [5.74, 6) is 0.974. The van der Waals surface area contributed by atoms with Crippen molar-refractivity contribution in [2.75, 3.05) is 18.4 Å². The van der Waals surface area contributed by atoms with Crippen LogP contribution in [-0.4, -0.2) is 26.5 Å². The van der Waals surface area contributed by atoms with Crippen molar-refractivity contribution in [3.8, 4) is 0 Å². The molecule has 0 saturated carbocycles. The molecule has 6 heteroatoms. The molecule has 0 unspecified atom stereocenters. The summed E-state index contributed by atoms with van der Waals surface area (Å²) >= 11 is 0. The molecular formula is C15H27N3O2S. The van der Waals surface area contributed by atoms with Crippen LogP contribution in [0, 0.1) is 11.3 Å². The monoisotopic (exact) mass is 313 g/mol. The molecule has 5 nitrogen and oxygen atoms in total. The summed E-state index contributed by atoms with van der Waals surface area (Å²) in [5, 5.41) is 3.09. The van der Waals surface area contributed by atoms with E-state index in [-0.39, 0.29) is 10.3 Å². The summed E-state index contributed by atoms with van der Waals surface area (Å²) in [6.07, 6.45) is 2.47. The first-order valence-corrected chi connectivity index (χ1v) is 8.87. The van der Waals surface area contributed by atoms with Crippen LogP contribution in [0.5, 0.6) is 0 Å². The number of hydrogen-bond donors (Lipinski definition) is 2. The number of rotatable bonds is 8. The molecule has 2 N–H and O–H groups in total. The molecule has 0 aliphatic rings. The number of nitrogens with zero attached hydrogens (tertiary/aromatic N) is 1. The lowest BCUT2D eigenvalue weighted by atomic mass is 9.81. The summed E-state index contributed by atoms with van der Waals surface area (Å²) < 4.78 is 27.4. The number of anilines is 1. The third-order valence-corrected chi connectivity index (χ3v) is 5.28. The molecule has 120 valence electrons. The molecule has 1 aromatic rings. The summed E-state index contributed by atoms with van der Waals surface area (Å²) in [7, 11) is -3.50. The second-order valence-corrected chi connectivity index (χ2v) is 8.04. The Bertz CT molecular complexity index is 554. The minimum atomic E-state index is -3.50. The van der Waals surface area contributed by atoms with Gasteiger partial charge >= 0.3 is 0 Å². The van der Waals surface area contributed by atoms with E-state index in [1.165, 1.54) is 12.3 Å². The van der Waals surface area contributed by atoms with E-state index in [1.54, 1.807) is 6.07 Å². The van der Waals surface area contributed by atoms with Crippen molar-refractivity contribution in [1.29, 1.82) is 0 Å². The fourth-order valence-electron chi connectivity index (χ4n) is 1.50. The van der Waals surface area contributed by atoms with E-state index in [2.05, 4.69) is 42.7 Å². The number of sulfonamides is 1. The largest absolute Gasteiger partial charge is 0.370 e. The normalized spacial score (nSPS) is 12.7. The van der Waals surface area contributed by atoms with E-state index < -0.39 is 10.0 Å². The van der Waals surface area contributed by atoms with Gasteiger partial charge in [0.25, 0.3) is 0 Å². The molecule has 0 amide bonds. The van der Waals surface area contributed by atoms with E-state index in [4.69, 9.17) is 0 Å². The predicted octanol–water partition coefficient (Wildman–Crippen LogP) is 2.86. The van der Waals surface area contributed by atoms with Crippen molar-refractivity contribution >= 4 is 15.8 Å². The number of pyridine rings is 1. The van der Waals surface area contributed by atoms with Crippen molar-refractivity contribution in [3.05, 3.63) is 18.3 Å². The van der Waals surface area contributed by atoms with Crippen molar-refractivity contribution in [3.63, 3.8) is 0 Å². The maximum Gasteiger partial charge on any atom is 0.240 e. The van der Waals surface area contributed by atoms with Gasteiger partial charge in [-0.25, -0.2) is 18.1 Å². The lowest BCUT2D eigenvalue weighted by Gasteiger charge is -2.29. The first kappa shape index (κ1) is 17.9. The van der Waals surface area contributed by atoms with Gasteiger partial charge in [0.15, 0.2) is 0 Å². The van der Waals surface area contributed by atoms with Gasteiger partial charge in [0, 0.05) is 25.4 Å². The van der Waals surface area contributed by atoms with Gasteiger partial charge in [0.2, 0.25) is 10.0 Å². The third-order valence-electron chi connectivity index (χ3n) is 3.88. The van der Waals surface area contributed by atoms with E-state index >= 15 is 0 Å². The van der Waals surface area contributed by atoms with Gasteiger partial charge in [-0.05, 0) is 23.8 Å². The van der Waals surface area contributed by atoms with Gasteiger partial charge in [-0.2, -0.15) is 0 Å². The number of hydrogen-bond acceptors (Lipinski definition) is 4. The van der Waals surface area contributed by atoms with Crippen LogP contribution in [0.4, 0.5) is 5.82 Å². The molecule has 0 aromatic carbocycles. The fourth-order valence-corrected chi connectivity index (χ4v) is 2.73. The Morgan fingerprint density at radius 3 is 2.57 bits per heavy atom. The zero-order valence-corrected chi connectivity index (χ0v) is 14.4. The highest BCUT2D eigenvalue weighted by Gasteiger charge is 2.25. The zero-order valence-electron chi connectivity index (χ0n) is 13.6. The molecular weight excluding hydrogens is 286 g/mol. The van der Waals surface area contributed by atoms with Crippen LogP contribution in [0.1, 0.15) is 41.0 Å². The van der Waals surface area contributed by atoms with Crippen LogP contribution in [0.15, 0.2) is 23.2 Å². The van der Waals surface area contributed by atoms with Gasteiger partial charge in [0.1, 0.15) is 5.82 Å². The number of nitrogens with one attached hydrogen (secondary N) is 2. The van der Waals surface area contributed by atoms with Crippen LogP contribution in [0.3, 0.4) is 0 Å². The van der Waals surface area contributed by atoms with Crippen molar-refractivity contribution in [1.82, 2.24) is 9.71 Å². The molecule has 1 rings (SSSR count). The highest BCUT2D eigenvalue weighted by atomic mass is 32.2. The molecule has 0 bridgehead atoms. The zero-order chi connectivity index (χ0) is 16.1. The molecule has 0 radical (unpaired) electrons. The SMILES string of the molecule is CCCNc1cc(S(=O)(=O)NCC(C)(C)C(C)C)ccn1. The summed E-state index contributed by atoms with van der Waals surface area (Å²) in [6, 6.07) is 3.09. The molecule has 0 atom stereocenters. The highest BCUT2D eigenvalue weighted by Crippen LogP contribution is 2.25. The van der Waals surface area contributed by atoms with Gasteiger partial charge in [-0.3, -0.25) is 0 Å². The molecule has 0 saturated heterocycles. The Hall–Kier alpha value is -1.14. The Labute approximate surface area is 128 Å². The average molecular weight is 313 g/mol. The van der Waals surface area contributed by atoms with Gasteiger partial charge in [0.05, 0.1) is 4.90 Å². The summed E-state index contributed by atoms with van der Waals surface area (Å²) in [6.45, 7) is 11.5. The van der Waals surface area contributed by atoms with Gasteiger partial charge in [-0.1, -0.05) is 34.6 Å². The topological polar surface area (TPSA) is 71.1 Å². The Morgan fingerprint density at radius 2 is 2.00 bits per heavy atom. The Balaban J connectivity index is 2.83. The lowest BCUT2D eigenvalue weighted by Crippen LogP contribution is -2.37.